The smallest absolute Gasteiger partial charge is 0.111 e. The first-order valence-corrected chi connectivity index (χ1v) is 5.01. The van der Waals surface area contributed by atoms with Crippen LogP contribution in [0.4, 0.5) is 4.39 Å². The van der Waals surface area contributed by atoms with E-state index in [4.69, 9.17) is 0 Å². The lowest BCUT2D eigenvalue weighted by molar-refractivity contribution is 0.0355. The summed E-state index contributed by atoms with van der Waals surface area (Å²) in [5, 5.41) is 0. The molecule has 1 atom stereocenters. The maximum Gasteiger partial charge on any atom is 0.111 e. The predicted octanol–water partition coefficient (Wildman–Crippen LogP) is 4.05. The van der Waals surface area contributed by atoms with Gasteiger partial charge >= 0.3 is 0 Å². The minimum atomic E-state index is -0.998. The molecular weight excluding hydrogens is 151 g/mol. The van der Waals surface area contributed by atoms with Crippen molar-refractivity contribution in [1.82, 2.24) is 0 Å². The molecule has 0 aromatic rings. The molecule has 1 unspecified atom stereocenters. The van der Waals surface area contributed by atoms with Crippen molar-refractivity contribution in [2.75, 3.05) is 0 Å². The van der Waals surface area contributed by atoms with Crippen LogP contribution in [0.25, 0.3) is 0 Å². The van der Waals surface area contributed by atoms with E-state index in [1.807, 2.05) is 6.92 Å². The third-order valence-electron chi connectivity index (χ3n) is 2.82. The summed E-state index contributed by atoms with van der Waals surface area (Å²) in [6, 6.07) is 0. The van der Waals surface area contributed by atoms with Gasteiger partial charge in [-0.15, -0.1) is 0 Å². The van der Waals surface area contributed by atoms with Crippen molar-refractivity contribution in [2.24, 2.45) is 17.8 Å². The first-order valence-electron chi connectivity index (χ1n) is 5.01. The van der Waals surface area contributed by atoms with Crippen LogP contribution in [-0.4, -0.2) is 5.67 Å². The lowest BCUT2D eigenvalue weighted by Gasteiger charge is -2.35. The quantitative estimate of drug-likeness (QED) is 0.603. The van der Waals surface area contributed by atoms with Crippen LogP contribution in [0, 0.1) is 17.8 Å². The lowest BCUT2D eigenvalue weighted by Crippen LogP contribution is -2.36. The SMILES string of the molecule is CCC(C)(F)C(C(C)C)C(C)C. The van der Waals surface area contributed by atoms with E-state index < -0.39 is 5.67 Å². The maximum absolute atomic E-state index is 14.0. The molecule has 0 nitrogen and oxygen atoms in total. The Morgan fingerprint density at radius 2 is 1.42 bits per heavy atom. The zero-order chi connectivity index (χ0) is 9.94. The fraction of sp³-hybridized carbons (Fsp3) is 1.00. The molecule has 0 rings (SSSR count). The standard InChI is InChI=1S/C11H23F/c1-7-11(6,12)10(8(2)3)9(4)5/h8-10H,7H2,1-6H3. The molecule has 0 aromatic heterocycles. The molecule has 0 heterocycles. The molecule has 0 aromatic carbocycles. The largest absolute Gasteiger partial charge is 0.244 e. The lowest BCUT2D eigenvalue weighted by atomic mass is 9.74. The van der Waals surface area contributed by atoms with Crippen molar-refractivity contribution in [2.45, 2.75) is 53.6 Å². The van der Waals surface area contributed by atoms with Gasteiger partial charge in [-0.25, -0.2) is 4.39 Å². The van der Waals surface area contributed by atoms with Gasteiger partial charge in [-0.1, -0.05) is 34.6 Å². The normalized spacial score (nSPS) is 17.5. The monoisotopic (exact) mass is 174 g/mol. The Morgan fingerprint density at radius 3 is 1.50 bits per heavy atom. The summed E-state index contributed by atoms with van der Waals surface area (Å²) in [4.78, 5) is 0. The summed E-state index contributed by atoms with van der Waals surface area (Å²) in [5.41, 5.74) is -0.998. The van der Waals surface area contributed by atoms with Gasteiger partial charge in [0.05, 0.1) is 0 Å². The molecule has 0 spiro atoms. The predicted molar refractivity (Wildman–Crippen MR) is 53.0 cm³/mol. The van der Waals surface area contributed by atoms with Crippen LogP contribution < -0.4 is 0 Å². The van der Waals surface area contributed by atoms with Crippen LogP contribution in [0.15, 0.2) is 0 Å². The van der Waals surface area contributed by atoms with Crippen molar-refractivity contribution in [1.29, 1.82) is 0 Å². The Hall–Kier alpha value is -0.0700. The molecule has 0 aliphatic carbocycles. The topological polar surface area (TPSA) is 0 Å². The molecule has 0 radical (unpaired) electrons. The minimum Gasteiger partial charge on any atom is -0.244 e. The van der Waals surface area contributed by atoms with Crippen LogP contribution in [0.5, 0.6) is 0 Å². The summed E-state index contributed by atoms with van der Waals surface area (Å²) in [7, 11) is 0. The molecule has 0 amide bonds. The van der Waals surface area contributed by atoms with Gasteiger partial charge in [0, 0.05) is 0 Å². The summed E-state index contributed by atoms with van der Waals surface area (Å²) < 4.78 is 14.0. The zero-order valence-electron chi connectivity index (χ0n) is 9.32. The fourth-order valence-corrected chi connectivity index (χ4v) is 2.40. The highest BCUT2D eigenvalue weighted by Crippen LogP contribution is 2.36. The van der Waals surface area contributed by atoms with Gasteiger partial charge in [0.15, 0.2) is 0 Å². The molecule has 0 bridgehead atoms. The van der Waals surface area contributed by atoms with E-state index in [-0.39, 0.29) is 5.92 Å². The number of hydrogen-bond donors (Lipinski definition) is 0. The van der Waals surface area contributed by atoms with Crippen LogP contribution >= 0.6 is 0 Å². The van der Waals surface area contributed by atoms with Crippen molar-refractivity contribution < 1.29 is 4.39 Å². The van der Waals surface area contributed by atoms with Crippen molar-refractivity contribution in [3.05, 3.63) is 0 Å². The second kappa shape index (κ2) is 4.25. The molecule has 0 fully saturated rings. The Bertz CT molecular complexity index is 117. The third kappa shape index (κ3) is 2.76. The molecule has 0 saturated carbocycles. The van der Waals surface area contributed by atoms with Gasteiger partial charge in [0.2, 0.25) is 0 Å². The van der Waals surface area contributed by atoms with Gasteiger partial charge < -0.3 is 0 Å². The zero-order valence-corrected chi connectivity index (χ0v) is 9.32. The summed E-state index contributed by atoms with van der Waals surface area (Å²) >= 11 is 0. The molecule has 0 N–H and O–H groups in total. The second-order valence-electron chi connectivity index (χ2n) is 4.65. The molecule has 12 heavy (non-hydrogen) atoms. The number of hydrogen-bond acceptors (Lipinski definition) is 0. The third-order valence-corrected chi connectivity index (χ3v) is 2.82. The van der Waals surface area contributed by atoms with Crippen LogP contribution in [0.1, 0.15) is 48.0 Å². The molecular formula is C11H23F. The molecule has 0 aliphatic heterocycles. The fourth-order valence-electron chi connectivity index (χ4n) is 2.40. The van der Waals surface area contributed by atoms with Crippen molar-refractivity contribution in [3.63, 3.8) is 0 Å². The van der Waals surface area contributed by atoms with Crippen LogP contribution in [-0.2, 0) is 0 Å². The van der Waals surface area contributed by atoms with E-state index in [9.17, 15) is 4.39 Å². The Balaban J connectivity index is 4.50. The molecule has 0 aliphatic rings. The van der Waals surface area contributed by atoms with E-state index in [1.54, 1.807) is 6.92 Å². The molecule has 1 heteroatoms. The van der Waals surface area contributed by atoms with Crippen LogP contribution in [0.3, 0.4) is 0 Å². The highest BCUT2D eigenvalue weighted by Gasteiger charge is 2.36. The first kappa shape index (κ1) is 11.9. The van der Waals surface area contributed by atoms with Crippen molar-refractivity contribution in [3.8, 4) is 0 Å². The Labute approximate surface area is 76.6 Å². The van der Waals surface area contributed by atoms with Crippen molar-refractivity contribution >= 4 is 0 Å². The first-order chi connectivity index (χ1) is 5.33. The van der Waals surface area contributed by atoms with E-state index in [2.05, 4.69) is 27.7 Å². The highest BCUT2D eigenvalue weighted by atomic mass is 19.1. The van der Waals surface area contributed by atoms with E-state index in [0.29, 0.717) is 18.3 Å². The number of alkyl halides is 1. The van der Waals surface area contributed by atoms with Gasteiger partial charge in [-0.05, 0) is 31.1 Å². The van der Waals surface area contributed by atoms with E-state index in [0.717, 1.165) is 0 Å². The average molecular weight is 174 g/mol. The van der Waals surface area contributed by atoms with E-state index >= 15 is 0 Å². The van der Waals surface area contributed by atoms with Gasteiger partial charge in [0.25, 0.3) is 0 Å². The summed E-state index contributed by atoms with van der Waals surface area (Å²) in [5.74, 6) is 1.04. The van der Waals surface area contributed by atoms with E-state index in [1.165, 1.54) is 0 Å². The Kier molecular flexibility index (Phi) is 4.22. The molecule has 0 saturated heterocycles. The second-order valence-corrected chi connectivity index (χ2v) is 4.65. The van der Waals surface area contributed by atoms with Crippen LogP contribution in [0.2, 0.25) is 0 Å². The summed E-state index contributed by atoms with van der Waals surface area (Å²) in [6.07, 6.45) is 0.619. The average Bonchev–Trinajstić information content (AvgIpc) is 1.84. The summed E-state index contributed by atoms with van der Waals surface area (Å²) in [6.45, 7) is 12.1. The Morgan fingerprint density at radius 1 is 1.08 bits per heavy atom. The maximum atomic E-state index is 14.0. The van der Waals surface area contributed by atoms with Gasteiger partial charge in [-0.2, -0.15) is 0 Å². The molecule has 74 valence electrons. The minimum absolute atomic E-state index is 0.183. The number of halogens is 1. The highest BCUT2D eigenvalue weighted by molar-refractivity contribution is 4.85. The van der Waals surface area contributed by atoms with Gasteiger partial charge in [0.1, 0.15) is 5.67 Å². The van der Waals surface area contributed by atoms with Gasteiger partial charge in [-0.3, -0.25) is 0 Å². The number of rotatable bonds is 4.